The largest absolute Gasteiger partial charge is 0.506 e. The van der Waals surface area contributed by atoms with Crippen molar-refractivity contribution in [3.63, 3.8) is 0 Å². The fourth-order valence-corrected chi connectivity index (χ4v) is 4.41. The van der Waals surface area contributed by atoms with Crippen LogP contribution >= 0.6 is 43.6 Å². The number of phenolic OH excluding ortho intramolecular Hbond substituents is 1. The summed E-state index contributed by atoms with van der Waals surface area (Å²) in [7, 11) is 0. The van der Waals surface area contributed by atoms with Crippen molar-refractivity contribution in [1.82, 2.24) is 5.43 Å². The van der Waals surface area contributed by atoms with E-state index in [-0.39, 0.29) is 18.3 Å². The van der Waals surface area contributed by atoms with Crippen molar-refractivity contribution in [2.45, 2.75) is 25.5 Å². The topological polar surface area (TPSA) is 70.9 Å². The van der Waals surface area contributed by atoms with Crippen molar-refractivity contribution in [3.05, 3.63) is 56.5 Å². The molecular weight excluding hydrogens is 508 g/mol. The number of phenols is 1. The molecular formula is C20H22Br2N2O3S. The van der Waals surface area contributed by atoms with Crippen molar-refractivity contribution >= 4 is 55.7 Å². The molecule has 0 aliphatic carbocycles. The van der Waals surface area contributed by atoms with E-state index in [0.717, 1.165) is 12.2 Å². The van der Waals surface area contributed by atoms with Gasteiger partial charge in [-0.2, -0.15) is 16.9 Å². The number of carbonyl (C=O) groups excluding carboxylic acids is 1. The van der Waals surface area contributed by atoms with Crippen molar-refractivity contribution in [3.8, 4) is 11.5 Å². The molecule has 0 saturated carbocycles. The third-order valence-electron chi connectivity index (χ3n) is 3.73. The molecule has 1 unspecified atom stereocenters. The summed E-state index contributed by atoms with van der Waals surface area (Å²) in [4.78, 5) is 11.9. The molecule has 0 aliphatic rings. The highest BCUT2D eigenvalue weighted by atomic mass is 79.9. The molecule has 28 heavy (non-hydrogen) atoms. The lowest BCUT2D eigenvalue weighted by Crippen LogP contribution is -2.24. The zero-order valence-electron chi connectivity index (χ0n) is 15.6. The van der Waals surface area contributed by atoms with E-state index in [1.807, 2.05) is 36.0 Å². The molecule has 2 rings (SSSR count). The molecule has 0 heterocycles. The Balaban J connectivity index is 1.81. The first kappa shape index (κ1) is 22.8. The first-order chi connectivity index (χ1) is 13.4. The van der Waals surface area contributed by atoms with E-state index in [2.05, 4.69) is 56.2 Å². The number of ether oxygens (including phenoxy) is 1. The predicted molar refractivity (Wildman–Crippen MR) is 122 cm³/mol. The van der Waals surface area contributed by atoms with Gasteiger partial charge in [0.15, 0.2) is 6.61 Å². The Hall–Kier alpha value is -1.51. The Kier molecular flexibility index (Phi) is 9.34. The molecule has 150 valence electrons. The molecule has 2 aromatic rings. The standard InChI is InChI=1S/C20H22Br2N2O3S/c1-3-8-28-13(2)15-4-6-16(7-5-15)27-12-19(25)24-23-11-14-9-17(21)20(26)18(22)10-14/h4-7,9-11,13,26H,3,8,12H2,1-2H3,(H,24,25)/b23-11+. The number of benzene rings is 2. The van der Waals surface area contributed by atoms with Crippen LogP contribution in [0.1, 0.15) is 36.6 Å². The van der Waals surface area contributed by atoms with Crippen LogP contribution in [0.5, 0.6) is 11.5 Å². The molecule has 0 saturated heterocycles. The molecule has 0 fully saturated rings. The first-order valence-electron chi connectivity index (χ1n) is 8.75. The molecule has 1 amide bonds. The van der Waals surface area contributed by atoms with Crippen LogP contribution in [0.25, 0.3) is 0 Å². The van der Waals surface area contributed by atoms with Crippen LogP contribution < -0.4 is 10.2 Å². The Morgan fingerprint density at radius 1 is 1.29 bits per heavy atom. The van der Waals surface area contributed by atoms with Gasteiger partial charge in [0.25, 0.3) is 5.91 Å². The highest BCUT2D eigenvalue weighted by Crippen LogP contribution is 2.33. The van der Waals surface area contributed by atoms with Crippen LogP contribution in [0.4, 0.5) is 0 Å². The number of hydrogen-bond acceptors (Lipinski definition) is 5. The molecule has 0 radical (unpaired) electrons. The normalized spacial score (nSPS) is 12.1. The van der Waals surface area contributed by atoms with Crippen LogP contribution in [-0.2, 0) is 4.79 Å². The highest BCUT2D eigenvalue weighted by Gasteiger charge is 2.07. The van der Waals surface area contributed by atoms with E-state index < -0.39 is 0 Å². The van der Waals surface area contributed by atoms with Gasteiger partial charge in [0.2, 0.25) is 0 Å². The number of halogens is 2. The quantitative estimate of drug-likeness (QED) is 0.325. The number of nitrogens with one attached hydrogen (secondary N) is 1. The van der Waals surface area contributed by atoms with E-state index in [1.165, 1.54) is 11.8 Å². The average molecular weight is 530 g/mol. The van der Waals surface area contributed by atoms with Crippen LogP contribution in [0.3, 0.4) is 0 Å². The maximum atomic E-state index is 11.9. The van der Waals surface area contributed by atoms with Gasteiger partial charge >= 0.3 is 0 Å². The van der Waals surface area contributed by atoms with Crippen molar-refractivity contribution in [1.29, 1.82) is 0 Å². The molecule has 1 atom stereocenters. The van der Waals surface area contributed by atoms with Gasteiger partial charge in [0.1, 0.15) is 11.5 Å². The minimum absolute atomic E-state index is 0.110. The fraction of sp³-hybridized carbons (Fsp3) is 0.300. The number of rotatable bonds is 9. The lowest BCUT2D eigenvalue weighted by atomic mass is 10.1. The average Bonchev–Trinajstić information content (AvgIpc) is 2.69. The SMILES string of the molecule is CCCSC(C)c1ccc(OCC(=O)N/N=C/c2cc(Br)c(O)c(Br)c2)cc1. The van der Waals surface area contributed by atoms with E-state index in [9.17, 15) is 9.90 Å². The van der Waals surface area contributed by atoms with E-state index >= 15 is 0 Å². The van der Waals surface area contributed by atoms with Gasteiger partial charge in [-0.05, 0) is 86.3 Å². The van der Waals surface area contributed by atoms with Crippen LogP contribution in [0.15, 0.2) is 50.4 Å². The van der Waals surface area contributed by atoms with Gasteiger partial charge in [0, 0.05) is 5.25 Å². The van der Waals surface area contributed by atoms with Gasteiger partial charge < -0.3 is 9.84 Å². The predicted octanol–water partition coefficient (Wildman–Crippen LogP) is 5.65. The zero-order chi connectivity index (χ0) is 20.5. The summed E-state index contributed by atoms with van der Waals surface area (Å²) >= 11 is 8.41. The Bertz CT molecular complexity index is 806. The number of hydrogen-bond donors (Lipinski definition) is 2. The number of amides is 1. The van der Waals surface area contributed by atoms with Crippen LogP contribution in [0, 0.1) is 0 Å². The summed E-state index contributed by atoms with van der Waals surface area (Å²) in [6.45, 7) is 4.24. The third kappa shape index (κ3) is 7.14. The van der Waals surface area contributed by atoms with Crippen molar-refractivity contribution < 1.29 is 14.6 Å². The summed E-state index contributed by atoms with van der Waals surface area (Å²) in [6, 6.07) is 11.2. The zero-order valence-corrected chi connectivity index (χ0v) is 19.6. The Labute approximate surface area is 186 Å². The minimum atomic E-state index is -0.357. The molecule has 2 aromatic carbocycles. The van der Waals surface area contributed by atoms with E-state index in [1.54, 1.807) is 12.1 Å². The number of thioether (sulfide) groups is 1. The summed E-state index contributed by atoms with van der Waals surface area (Å²) in [6.07, 6.45) is 2.64. The molecule has 5 nitrogen and oxygen atoms in total. The summed E-state index contributed by atoms with van der Waals surface area (Å²) in [5.74, 6) is 1.53. The van der Waals surface area contributed by atoms with Crippen molar-refractivity contribution in [2.24, 2.45) is 5.10 Å². The van der Waals surface area contributed by atoms with Gasteiger partial charge in [-0.1, -0.05) is 19.1 Å². The fourth-order valence-electron chi connectivity index (χ4n) is 2.25. The number of carbonyl (C=O) groups is 1. The second kappa shape index (κ2) is 11.5. The summed E-state index contributed by atoms with van der Waals surface area (Å²) in [5.41, 5.74) is 4.37. The van der Waals surface area contributed by atoms with Gasteiger partial charge in [-0.15, -0.1) is 0 Å². The second-order valence-corrected chi connectivity index (χ2v) is 9.15. The minimum Gasteiger partial charge on any atom is -0.506 e. The lowest BCUT2D eigenvalue weighted by Gasteiger charge is -2.12. The van der Waals surface area contributed by atoms with E-state index in [4.69, 9.17) is 4.74 Å². The molecule has 2 N–H and O–H groups in total. The smallest absolute Gasteiger partial charge is 0.277 e. The Morgan fingerprint density at radius 2 is 1.93 bits per heavy atom. The maximum Gasteiger partial charge on any atom is 0.277 e. The molecule has 0 aromatic heterocycles. The van der Waals surface area contributed by atoms with Crippen LogP contribution in [0.2, 0.25) is 0 Å². The molecule has 0 aliphatic heterocycles. The second-order valence-electron chi connectivity index (χ2n) is 6.00. The lowest BCUT2D eigenvalue weighted by molar-refractivity contribution is -0.123. The summed E-state index contributed by atoms with van der Waals surface area (Å²) in [5, 5.41) is 14.0. The number of nitrogens with zero attached hydrogens (tertiary/aromatic N) is 1. The van der Waals surface area contributed by atoms with Gasteiger partial charge in [0.05, 0.1) is 15.2 Å². The third-order valence-corrected chi connectivity index (χ3v) is 6.36. The number of aromatic hydroxyl groups is 1. The Morgan fingerprint density at radius 3 is 2.54 bits per heavy atom. The van der Waals surface area contributed by atoms with E-state index in [0.29, 0.717) is 25.5 Å². The van der Waals surface area contributed by atoms with Crippen molar-refractivity contribution in [2.75, 3.05) is 12.4 Å². The molecule has 0 bridgehead atoms. The van der Waals surface area contributed by atoms with Crippen LogP contribution in [-0.4, -0.2) is 29.6 Å². The first-order valence-corrected chi connectivity index (χ1v) is 11.4. The molecule has 8 heteroatoms. The summed E-state index contributed by atoms with van der Waals surface area (Å²) < 4.78 is 6.56. The molecule has 0 spiro atoms. The monoisotopic (exact) mass is 528 g/mol. The van der Waals surface area contributed by atoms with Gasteiger partial charge in [-0.25, -0.2) is 5.43 Å². The van der Waals surface area contributed by atoms with Gasteiger partial charge in [-0.3, -0.25) is 4.79 Å². The maximum absolute atomic E-state index is 11.9. The highest BCUT2D eigenvalue weighted by molar-refractivity contribution is 9.11. The number of hydrazone groups is 1.